The molecule has 0 heterocycles. The minimum atomic E-state index is 0.481. The predicted octanol–water partition coefficient (Wildman–Crippen LogP) is 2.65. The van der Waals surface area contributed by atoms with E-state index in [9.17, 15) is 0 Å². The number of hydrogen-bond donors (Lipinski definition) is 2. The number of thiol groups is 2. The van der Waals surface area contributed by atoms with Gasteiger partial charge in [0.2, 0.25) is 0 Å². The van der Waals surface area contributed by atoms with E-state index in [1.165, 1.54) is 0 Å². The van der Waals surface area contributed by atoms with E-state index in [0.717, 1.165) is 6.42 Å². The molecular weight excluding hydrogens is 148 g/mol. The average molecular weight is 164 g/mol. The molecule has 0 bridgehead atoms. The van der Waals surface area contributed by atoms with Gasteiger partial charge in [0, 0.05) is 5.25 Å². The van der Waals surface area contributed by atoms with Crippen LogP contribution in [0.2, 0.25) is 0 Å². The van der Waals surface area contributed by atoms with E-state index >= 15 is 0 Å². The molecule has 0 aliphatic rings. The molecule has 0 N–H and O–H groups in total. The van der Waals surface area contributed by atoms with Crippen LogP contribution in [-0.2, 0) is 0 Å². The lowest BCUT2D eigenvalue weighted by atomic mass is 10.1. The second-order valence-corrected chi connectivity index (χ2v) is 4.44. The molecule has 9 heavy (non-hydrogen) atoms. The van der Waals surface area contributed by atoms with Gasteiger partial charge in [-0.3, -0.25) is 0 Å². The molecule has 0 amide bonds. The molecule has 2 atom stereocenters. The van der Waals surface area contributed by atoms with Crippen LogP contribution in [0.4, 0.5) is 0 Å². The van der Waals surface area contributed by atoms with Crippen LogP contribution in [0.1, 0.15) is 27.2 Å². The molecule has 0 aromatic rings. The van der Waals surface area contributed by atoms with Crippen molar-refractivity contribution in [3.63, 3.8) is 0 Å². The molecule has 0 saturated carbocycles. The second kappa shape index (κ2) is 4.51. The van der Waals surface area contributed by atoms with Gasteiger partial charge in [-0.25, -0.2) is 0 Å². The van der Waals surface area contributed by atoms with Gasteiger partial charge >= 0.3 is 0 Å². The van der Waals surface area contributed by atoms with Crippen LogP contribution < -0.4 is 0 Å². The minimum absolute atomic E-state index is 0.481. The van der Waals surface area contributed by atoms with Gasteiger partial charge in [-0.1, -0.05) is 20.8 Å². The van der Waals surface area contributed by atoms with Gasteiger partial charge in [0.25, 0.3) is 0 Å². The van der Waals surface area contributed by atoms with Crippen molar-refractivity contribution in [2.45, 2.75) is 37.7 Å². The van der Waals surface area contributed by atoms with Gasteiger partial charge in [-0.15, -0.1) is 0 Å². The van der Waals surface area contributed by atoms with Crippen molar-refractivity contribution in [1.29, 1.82) is 0 Å². The summed E-state index contributed by atoms with van der Waals surface area (Å²) in [6.45, 7) is 6.48. The lowest BCUT2D eigenvalue weighted by Gasteiger charge is -2.15. The van der Waals surface area contributed by atoms with Gasteiger partial charge < -0.3 is 0 Å². The highest BCUT2D eigenvalue weighted by molar-refractivity contribution is 7.81. The van der Waals surface area contributed by atoms with Gasteiger partial charge in [0.05, 0.1) is 0 Å². The SMILES string of the molecule is CC(S)CC(S)C(C)C. The Labute approximate surface area is 69.2 Å². The van der Waals surface area contributed by atoms with E-state index < -0.39 is 0 Å². The molecule has 0 saturated heterocycles. The fourth-order valence-electron chi connectivity index (χ4n) is 0.622. The van der Waals surface area contributed by atoms with E-state index in [1.54, 1.807) is 0 Å². The highest BCUT2D eigenvalue weighted by atomic mass is 32.1. The molecule has 56 valence electrons. The van der Waals surface area contributed by atoms with Crippen LogP contribution in [0, 0.1) is 5.92 Å². The highest BCUT2D eigenvalue weighted by Gasteiger charge is 2.09. The summed E-state index contributed by atoms with van der Waals surface area (Å²) in [5, 5.41) is 0.993. The van der Waals surface area contributed by atoms with Crippen LogP contribution in [0.3, 0.4) is 0 Å². The normalized spacial score (nSPS) is 18.0. The summed E-state index contributed by atoms with van der Waals surface area (Å²) in [5.41, 5.74) is 0. The summed E-state index contributed by atoms with van der Waals surface area (Å²) >= 11 is 8.70. The lowest BCUT2D eigenvalue weighted by molar-refractivity contribution is 0.576. The maximum atomic E-state index is 4.42. The summed E-state index contributed by atoms with van der Waals surface area (Å²) in [6, 6.07) is 0. The third kappa shape index (κ3) is 5.16. The van der Waals surface area contributed by atoms with Crippen LogP contribution in [0.15, 0.2) is 0 Å². The fourth-order valence-corrected chi connectivity index (χ4v) is 1.33. The average Bonchev–Trinajstić information content (AvgIpc) is 1.63. The molecule has 2 unspecified atom stereocenters. The first-order chi connectivity index (χ1) is 4.04. The Morgan fingerprint density at radius 2 is 1.56 bits per heavy atom. The van der Waals surface area contributed by atoms with Crippen molar-refractivity contribution in [2.24, 2.45) is 5.92 Å². The molecule has 0 rings (SSSR count). The first kappa shape index (κ1) is 9.70. The van der Waals surface area contributed by atoms with Crippen LogP contribution in [-0.4, -0.2) is 10.5 Å². The Morgan fingerprint density at radius 1 is 1.11 bits per heavy atom. The summed E-state index contributed by atoms with van der Waals surface area (Å²) in [5.74, 6) is 0.669. The maximum absolute atomic E-state index is 4.42. The van der Waals surface area contributed by atoms with E-state index in [-0.39, 0.29) is 0 Å². The number of rotatable bonds is 3. The summed E-state index contributed by atoms with van der Waals surface area (Å²) in [7, 11) is 0. The standard InChI is InChI=1S/C7H16S2/c1-5(2)7(9)4-6(3)8/h5-9H,4H2,1-3H3. The topological polar surface area (TPSA) is 0 Å². The van der Waals surface area contributed by atoms with E-state index in [0.29, 0.717) is 16.4 Å². The predicted molar refractivity (Wildman–Crippen MR) is 50.7 cm³/mol. The van der Waals surface area contributed by atoms with E-state index in [4.69, 9.17) is 0 Å². The monoisotopic (exact) mass is 164 g/mol. The fraction of sp³-hybridized carbons (Fsp3) is 1.00. The molecule has 0 aromatic carbocycles. The quantitative estimate of drug-likeness (QED) is 0.589. The van der Waals surface area contributed by atoms with Crippen molar-refractivity contribution < 1.29 is 0 Å². The van der Waals surface area contributed by atoms with Crippen molar-refractivity contribution >= 4 is 25.3 Å². The molecule has 0 aliphatic carbocycles. The number of hydrogen-bond acceptors (Lipinski definition) is 2. The van der Waals surface area contributed by atoms with Gasteiger partial charge in [-0.2, -0.15) is 25.3 Å². The molecule has 0 fully saturated rings. The van der Waals surface area contributed by atoms with Crippen molar-refractivity contribution in [3.05, 3.63) is 0 Å². The van der Waals surface area contributed by atoms with E-state index in [2.05, 4.69) is 46.0 Å². The molecule has 0 aliphatic heterocycles. The highest BCUT2D eigenvalue weighted by Crippen LogP contribution is 2.16. The Morgan fingerprint density at radius 3 is 1.67 bits per heavy atom. The smallest absolute Gasteiger partial charge is 0.00501 e. The zero-order chi connectivity index (χ0) is 7.44. The summed E-state index contributed by atoms with van der Waals surface area (Å²) < 4.78 is 0. The molecule has 2 heteroatoms. The Balaban J connectivity index is 3.38. The summed E-state index contributed by atoms with van der Waals surface area (Å²) in [6.07, 6.45) is 1.10. The third-order valence-corrected chi connectivity index (χ3v) is 2.37. The van der Waals surface area contributed by atoms with Crippen molar-refractivity contribution in [3.8, 4) is 0 Å². The lowest BCUT2D eigenvalue weighted by Crippen LogP contribution is -2.12. The zero-order valence-electron chi connectivity index (χ0n) is 6.33. The Bertz CT molecular complexity index is 69.3. The van der Waals surface area contributed by atoms with Gasteiger partial charge in [0.15, 0.2) is 0 Å². The Kier molecular flexibility index (Phi) is 4.86. The first-order valence-electron chi connectivity index (χ1n) is 3.40. The molecule has 0 spiro atoms. The zero-order valence-corrected chi connectivity index (χ0v) is 8.12. The molecular formula is C7H16S2. The third-order valence-electron chi connectivity index (χ3n) is 1.35. The largest absolute Gasteiger partial charge is 0.176 e. The molecule has 0 radical (unpaired) electrons. The molecule has 0 nitrogen and oxygen atoms in total. The van der Waals surface area contributed by atoms with Crippen LogP contribution in [0.25, 0.3) is 0 Å². The molecule has 0 aromatic heterocycles. The van der Waals surface area contributed by atoms with Crippen molar-refractivity contribution in [2.75, 3.05) is 0 Å². The Hall–Kier alpha value is 0.700. The van der Waals surface area contributed by atoms with Gasteiger partial charge in [-0.05, 0) is 17.6 Å². The van der Waals surface area contributed by atoms with Crippen LogP contribution in [0.5, 0.6) is 0 Å². The maximum Gasteiger partial charge on any atom is 0.00501 e. The first-order valence-corrected chi connectivity index (χ1v) is 4.43. The van der Waals surface area contributed by atoms with Crippen molar-refractivity contribution in [1.82, 2.24) is 0 Å². The van der Waals surface area contributed by atoms with Gasteiger partial charge in [0.1, 0.15) is 0 Å². The van der Waals surface area contributed by atoms with E-state index in [1.807, 2.05) is 0 Å². The minimum Gasteiger partial charge on any atom is -0.176 e. The second-order valence-electron chi connectivity index (χ2n) is 2.90. The van der Waals surface area contributed by atoms with Crippen LogP contribution >= 0.6 is 25.3 Å². The summed E-state index contributed by atoms with van der Waals surface area (Å²) in [4.78, 5) is 0.